The lowest BCUT2D eigenvalue weighted by molar-refractivity contribution is -0.154. The first-order chi connectivity index (χ1) is 6.12. The molecule has 0 amide bonds. The molecule has 13 heavy (non-hydrogen) atoms. The average molecular weight is 184 g/mol. The van der Waals surface area contributed by atoms with Crippen LogP contribution in [0.2, 0.25) is 0 Å². The Balaban J connectivity index is 2.27. The summed E-state index contributed by atoms with van der Waals surface area (Å²) in [6, 6.07) is 0. The summed E-state index contributed by atoms with van der Waals surface area (Å²) in [5.74, 6) is 1.18. The van der Waals surface area contributed by atoms with E-state index in [0.717, 1.165) is 6.61 Å². The molecular formula is C11H20O2. The number of ether oxygens (including phenoxy) is 2. The summed E-state index contributed by atoms with van der Waals surface area (Å²) < 4.78 is 11.9. The van der Waals surface area contributed by atoms with Crippen molar-refractivity contribution >= 4 is 0 Å². The van der Waals surface area contributed by atoms with Gasteiger partial charge in [-0.05, 0) is 19.3 Å². The SMILES string of the molecule is CCC1C2OCC1(C(C)C)OC2C. The van der Waals surface area contributed by atoms with Crippen LogP contribution in [0.1, 0.15) is 34.1 Å². The third-order valence-corrected chi connectivity index (χ3v) is 3.81. The molecule has 2 bridgehead atoms. The average Bonchev–Trinajstić information content (AvgIpc) is 2.56. The first-order valence-electron chi connectivity index (χ1n) is 5.41. The van der Waals surface area contributed by atoms with Crippen molar-refractivity contribution in [1.82, 2.24) is 0 Å². The number of fused-ring (bicyclic) bond motifs is 2. The molecule has 4 atom stereocenters. The number of rotatable bonds is 2. The van der Waals surface area contributed by atoms with Crippen molar-refractivity contribution in [3.05, 3.63) is 0 Å². The largest absolute Gasteiger partial charge is 0.372 e. The Morgan fingerprint density at radius 1 is 1.46 bits per heavy atom. The molecule has 0 N–H and O–H groups in total. The summed E-state index contributed by atoms with van der Waals surface area (Å²) >= 11 is 0. The Kier molecular flexibility index (Phi) is 2.16. The molecule has 2 fully saturated rings. The van der Waals surface area contributed by atoms with Crippen LogP contribution < -0.4 is 0 Å². The highest BCUT2D eigenvalue weighted by Crippen LogP contribution is 2.49. The zero-order valence-corrected chi connectivity index (χ0v) is 9.04. The second kappa shape index (κ2) is 2.96. The van der Waals surface area contributed by atoms with Crippen LogP contribution in [0.3, 0.4) is 0 Å². The molecule has 2 aliphatic rings. The van der Waals surface area contributed by atoms with Crippen molar-refractivity contribution in [3.63, 3.8) is 0 Å². The zero-order valence-electron chi connectivity index (χ0n) is 9.04. The third kappa shape index (κ3) is 1.08. The van der Waals surface area contributed by atoms with Crippen molar-refractivity contribution in [3.8, 4) is 0 Å². The molecule has 2 heteroatoms. The first kappa shape index (κ1) is 9.47. The van der Waals surface area contributed by atoms with E-state index in [-0.39, 0.29) is 5.60 Å². The molecule has 2 saturated heterocycles. The van der Waals surface area contributed by atoms with Gasteiger partial charge < -0.3 is 9.47 Å². The second-order valence-electron chi connectivity index (χ2n) is 4.72. The molecule has 2 aliphatic heterocycles. The van der Waals surface area contributed by atoms with Crippen molar-refractivity contribution in [1.29, 1.82) is 0 Å². The third-order valence-electron chi connectivity index (χ3n) is 3.81. The van der Waals surface area contributed by atoms with Gasteiger partial charge in [-0.3, -0.25) is 0 Å². The van der Waals surface area contributed by atoms with Crippen LogP contribution in [0, 0.1) is 11.8 Å². The highest BCUT2D eigenvalue weighted by atomic mass is 16.6. The summed E-state index contributed by atoms with van der Waals surface area (Å²) in [6.07, 6.45) is 1.82. The number of hydrogen-bond donors (Lipinski definition) is 0. The lowest BCUT2D eigenvalue weighted by atomic mass is 9.78. The molecule has 0 aliphatic carbocycles. The summed E-state index contributed by atoms with van der Waals surface area (Å²) in [5, 5.41) is 0. The summed E-state index contributed by atoms with van der Waals surface area (Å²) in [7, 11) is 0. The highest BCUT2D eigenvalue weighted by molar-refractivity contribution is 5.06. The van der Waals surface area contributed by atoms with E-state index in [4.69, 9.17) is 9.47 Å². The maximum absolute atomic E-state index is 6.09. The van der Waals surface area contributed by atoms with Gasteiger partial charge in [0, 0.05) is 5.92 Å². The van der Waals surface area contributed by atoms with Crippen LogP contribution in [-0.4, -0.2) is 24.4 Å². The maximum Gasteiger partial charge on any atom is 0.0996 e. The van der Waals surface area contributed by atoms with E-state index < -0.39 is 0 Å². The fourth-order valence-corrected chi connectivity index (χ4v) is 3.03. The lowest BCUT2D eigenvalue weighted by Crippen LogP contribution is -2.43. The smallest absolute Gasteiger partial charge is 0.0996 e. The van der Waals surface area contributed by atoms with E-state index in [9.17, 15) is 0 Å². The van der Waals surface area contributed by atoms with Crippen molar-refractivity contribution < 1.29 is 9.47 Å². The minimum Gasteiger partial charge on any atom is -0.372 e. The molecule has 2 heterocycles. The fourth-order valence-electron chi connectivity index (χ4n) is 3.03. The minimum absolute atomic E-state index is 0.0266. The molecule has 0 aromatic heterocycles. The zero-order chi connectivity index (χ0) is 9.64. The van der Waals surface area contributed by atoms with Crippen molar-refractivity contribution in [2.24, 2.45) is 11.8 Å². The predicted molar refractivity (Wildman–Crippen MR) is 51.6 cm³/mol. The van der Waals surface area contributed by atoms with Gasteiger partial charge in [-0.2, -0.15) is 0 Å². The first-order valence-corrected chi connectivity index (χ1v) is 5.41. The van der Waals surface area contributed by atoms with Crippen LogP contribution in [0.25, 0.3) is 0 Å². The van der Waals surface area contributed by atoms with Gasteiger partial charge in [-0.15, -0.1) is 0 Å². The topological polar surface area (TPSA) is 18.5 Å². The normalized spacial score (nSPS) is 49.2. The van der Waals surface area contributed by atoms with Gasteiger partial charge >= 0.3 is 0 Å². The van der Waals surface area contributed by atoms with Gasteiger partial charge in [0.05, 0.1) is 24.4 Å². The van der Waals surface area contributed by atoms with E-state index in [1.165, 1.54) is 6.42 Å². The van der Waals surface area contributed by atoms with Gasteiger partial charge in [-0.1, -0.05) is 20.8 Å². The van der Waals surface area contributed by atoms with E-state index in [1.807, 2.05) is 0 Å². The summed E-state index contributed by atoms with van der Waals surface area (Å²) in [4.78, 5) is 0. The molecule has 76 valence electrons. The Hall–Kier alpha value is -0.0800. The fraction of sp³-hybridized carbons (Fsp3) is 1.00. The van der Waals surface area contributed by atoms with Gasteiger partial charge in [-0.25, -0.2) is 0 Å². The maximum atomic E-state index is 6.09. The van der Waals surface area contributed by atoms with Gasteiger partial charge in [0.15, 0.2) is 0 Å². The van der Waals surface area contributed by atoms with E-state index in [2.05, 4.69) is 27.7 Å². The Bertz CT molecular complexity index is 202. The molecule has 0 aromatic carbocycles. The molecule has 4 unspecified atom stereocenters. The Labute approximate surface area is 80.6 Å². The predicted octanol–water partition coefficient (Wildman–Crippen LogP) is 2.22. The van der Waals surface area contributed by atoms with Crippen LogP contribution >= 0.6 is 0 Å². The summed E-state index contributed by atoms with van der Waals surface area (Å²) in [6.45, 7) is 9.67. The van der Waals surface area contributed by atoms with Crippen LogP contribution in [-0.2, 0) is 9.47 Å². The lowest BCUT2D eigenvalue weighted by Gasteiger charge is -2.34. The van der Waals surface area contributed by atoms with Gasteiger partial charge in [0.25, 0.3) is 0 Å². The Morgan fingerprint density at radius 2 is 2.15 bits per heavy atom. The highest BCUT2D eigenvalue weighted by Gasteiger charge is 2.60. The molecule has 0 radical (unpaired) electrons. The van der Waals surface area contributed by atoms with E-state index >= 15 is 0 Å². The van der Waals surface area contributed by atoms with Crippen molar-refractivity contribution in [2.45, 2.75) is 51.9 Å². The molecule has 0 aromatic rings. The Morgan fingerprint density at radius 3 is 2.54 bits per heavy atom. The van der Waals surface area contributed by atoms with Gasteiger partial charge in [0.1, 0.15) is 0 Å². The molecule has 2 rings (SSSR count). The van der Waals surface area contributed by atoms with Crippen LogP contribution in [0.5, 0.6) is 0 Å². The number of hydrogen-bond acceptors (Lipinski definition) is 2. The van der Waals surface area contributed by atoms with Gasteiger partial charge in [0.2, 0.25) is 0 Å². The second-order valence-corrected chi connectivity index (χ2v) is 4.72. The monoisotopic (exact) mass is 184 g/mol. The molecule has 0 saturated carbocycles. The minimum atomic E-state index is 0.0266. The molecular weight excluding hydrogens is 164 g/mol. The standard InChI is InChI=1S/C11H20O2/c1-5-9-10-8(4)13-11(9,6-12-10)7(2)3/h7-10H,5-6H2,1-4H3. The van der Waals surface area contributed by atoms with Crippen LogP contribution in [0.4, 0.5) is 0 Å². The van der Waals surface area contributed by atoms with E-state index in [0.29, 0.717) is 24.0 Å². The van der Waals surface area contributed by atoms with Crippen LogP contribution in [0.15, 0.2) is 0 Å². The van der Waals surface area contributed by atoms with E-state index in [1.54, 1.807) is 0 Å². The summed E-state index contributed by atoms with van der Waals surface area (Å²) in [5.41, 5.74) is 0.0266. The molecule has 0 spiro atoms. The molecule has 2 nitrogen and oxygen atoms in total. The quantitative estimate of drug-likeness (QED) is 0.655. The van der Waals surface area contributed by atoms with Crippen molar-refractivity contribution in [2.75, 3.05) is 6.61 Å².